The van der Waals surface area contributed by atoms with E-state index < -0.39 is 17.9 Å². The zero-order valence-electron chi connectivity index (χ0n) is 13.9. The molecule has 9 heteroatoms. The Kier molecular flexibility index (Phi) is 5.83. The number of carbonyl (C=O) groups is 3. The number of benzene rings is 1. The Bertz CT molecular complexity index is 742. The van der Waals surface area contributed by atoms with E-state index in [1.54, 1.807) is 35.1 Å². The number of hydrogen-bond donors (Lipinski definition) is 2. The van der Waals surface area contributed by atoms with Gasteiger partial charge in [-0.15, -0.1) is 5.10 Å². The Morgan fingerprint density at radius 2 is 1.96 bits per heavy atom. The number of carbonyl (C=O) groups excluding carboxylic acids is 2. The molecular weight excluding hydrogens is 326 g/mol. The molecular formula is C16H19N5O4. The molecule has 1 aromatic carbocycles. The van der Waals surface area contributed by atoms with Crippen LogP contribution in [0.5, 0.6) is 0 Å². The first kappa shape index (κ1) is 18.1. The van der Waals surface area contributed by atoms with E-state index in [1.807, 2.05) is 0 Å². The summed E-state index contributed by atoms with van der Waals surface area (Å²) < 4.78 is 1.54. The lowest BCUT2D eigenvalue weighted by atomic mass is 10.1. The number of aliphatic carboxylic acids is 1. The minimum Gasteiger partial charge on any atom is -0.480 e. The van der Waals surface area contributed by atoms with Gasteiger partial charge in [-0.3, -0.25) is 9.59 Å². The van der Waals surface area contributed by atoms with Crippen LogP contribution >= 0.6 is 0 Å². The van der Waals surface area contributed by atoms with Crippen molar-refractivity contribution < 1.29 is 19.5 Å². The summed E-state index contributed by atoms with van der Waals surface area (Å²) in [6, 6.07) is 5.56. The van der Waals surface area contributed by atoms with Gasteiger partial charge in [-0.1, -0.05) is 5.21 Å². The van der Waals surface area contributed by atoms with Gasteiger partial charge in [0.2, 0.25) is 5.91 Å². The van der Waals surface area contributed by atoms with Gasteiger partial charge in [0.1, 0.15) is 6.04 Å². The fourth-order valence-corrected chi connectivity index (χ4v) is 2.23. The number of nitrogens with zero attached hydrogens (tertiary/aromatic N) is 4. The minimum absolute atomic E-state index is 0.0940. The number of aromatic nitrogens is 3. The second-order valence-electron chi connectivity index (χ2n) is 5.39. The number of hydrogen-bond acceptors (Lipinski definition) is 5. The molecule has 1 unspecified atom stereocenters. The van der Waals surface area contributed by atoms with Gasteiger partial charge in [0.15, 0.2) is 0 Å². The van der Waals surface area contributed by atoms with Gasteiger partial charge in [-0.25, -0.2) is 9.48 Å². The molecule has 0 aliphatic rings. The molecule has 132 valence electrons. The van der Waals surface area contributed by atoms with Crippen molar-refractivity contribution >= 4 is 17.8 Å². The van der Waals surface area contributed by atoms with E-state index in [0.29, 0.717) is 5.56 Å². The predicted octanol–water partition coefficient (Wildman–Crippen LogP) is 0.319. The van der Waals surface area contributed by atoms with Gasteiger partial charge in [-0.2, -0.15) is 0 Å². The average molecular weight is 345 g/mol. The smallest absolute Gasteiger partial charge is 0.326 e. The lowest BCUT2D eigenvalue weighted by Crippen LogP contribution is -2.46. The van der Waals surface area contributed by atoms with Crippen molar-refractivity contribution in [3.05, 3.63) is 42.2 Å². The van der Waals surface area contributed by atoms with Crippen molar-refractivity contribution in [1.82, 2.24) is 25.2 Å². The van der Waals surface area contributed by atoms with Crippen molar-refractivity contribution in [2.24, 2.45) is 0 Å². The minimum atomic E-state index is -1.12. The molecule has 0 saturated heterocycles. The summed E-state index contributed by atoms with van der Waals surface area (Å²) >= 11 is 0. The van der Waals surface area contributed by atoms with Crippen LogP contribution in [0.1, 0.15) is 24.2 Å². The predicted molar refractivity (Wildman–Crippen MR) is 88.2 cm³/mol. The highest BCUT2D eigenvalue weighted by Gasteiger charge is 2.26. The standard InChI is InChI=1S/C16H19N5O4/c1-11(16(24)25)20(9-7-17-12(2)22)15(23)13-3-5-14(6-4-13)21-10-8-18-19-21/h3-6,8,10-11H,7,9H2,1-2H3,(H,17,22)(H,24,25). The molecule has 0 radical (unpaired) electrons. The van der Waals surface area contributed by atoms with E-state index in [9.17, 15) is 19.5 Å². The van der Waals surface area contributed by atoms with Crippen LogP contribution in [0.2, 0.25) is 0 Å². The van der Waals surface area contributed by atoms with Crippen LogP contribution in [0.15, 0.2) is 36.7 Å². The number of carboxylic acids is 1. The normalized spacial score (nSPS) is 11.6. The van der Waals surface area contributed by atoms with Gasteiger partial charge in [0.25, 0.3) is 5.91 Å². The lowest BCUT2D eigenvalue weighted by Gasteiger charge is -2.26. The molecule has 1 atom stereocenters. The zero-order valence-corrected chi connectivity index (χ0v) is 13.9. The summed E-state index contributed by atoms with van der Waals surface area (Å²) in [5.74, 6) is -1.78. The first-order valence-corrected chi connectivity index (χ1v) is 7.65. The Morgan fingerprint density at radius 3 is 2.48 bits per heavy atom. The average Bonchev–Trinajstić information content (AvgIpc) is 3.12. The van der Waals surface area contributed by atoms with E-state index in [-0.39, 0.29) is 19.0 Å². The molecule has 2 aromatic rings. The van der Waals surface area contributed by atoms with Crippen LogP contribution in [0.3, 0.4) is 0 Å². The van der Waals surface area contributed by atoms with E-state index in [0.717, 1.165) is 5.69 Å². The summed E-state index contributed by atoms with van der Waals surface area (Å²) in [6.45, 7) is 3.06. The Labute approximate surface area is 144 Å². The third kappa shape index (κ3) is 4.63. The maximum atomic E-state index is 12.7. The molecule has 1 aromatic heterocycles. The Hall–Kier alpha value is -3.23. The zero-order chi connectivity index (χ0) is 18.4. The fourth-order valence-electron chi connectivity index (χ4n) is 2.23. The quantitative estimate of drug-likeness (QED) is 0.746. The van der Waals surface area contributed by atoms with E-state index in [4.69, 9.17) is 0 Å². The van der Waals surface area contributed by atoms with Gasteiger partial charge in [-0.05, 0) is 31.2 Å². The van der Waals surface area contributed by atoms with Crippen LogP contribution in [-0.2, 0) is 9.59 Å². The van der Waals surface area contributed by atoms with E-state index in [2.05, 4.69) is 15.6 Å². The second-order valence-corrected chi connectivity index (χ2v) is 5.39. The first-order chi connectivity index (χ1) is 11.9. The van der Waals surface area contributed by atoms with Crippen molar-refractivity contribution in [2.45, 2.75) is 19.9 Å². The second kappa shape index (κ2) is 8.04. The van der Waals surface area contributed by atoms with E-state index >= 15 is 0 Å². The van der Waals surface area contributed by atoms with Crippen molar-refractivity contribution in [3.8, 4) is 5.69 Å². The van der Waals surface area contributed by atoms with Gasteiger partial charge in [0.05, 0.1) is 18.1 Å². The molecule has 2 amide bonds. The number of nitrogens with one attached hydrogen (secondary N) is 1. The van der Waals surface area contributed by atoms with Crippen molar-refractivity contribution in [3.63, 3.8) is 0 Å². The summed E-state index contributed by atoms with van der Waals surface area (Å²) in [4.78, 5) is 36.1. The molecule has 25 heavy (non-hydrogen) atoms. The number of rotatable bonds is 7. The molecule has 2 rings (SSSR count). The maximum Gasteiger partial charge on any atom is 0.326 e. The topological polar surface area (TPSA) is 117 Å². The van der Waals surface area contributed by atoms with E-state index in [1.165, 1.54) is 24.9 Å². The van der Waals surface area contributed by atoms with Crippen molar-refractivity contribution in [1.29, 1.82) is 0 Å². The Morgan fingerprint density at radius 1 is 1.28 bits per heavy atom. The summed E-state index contributed by atoms with van der Waals surface area (Å²) in [5, 5.41) is 19.4. The SMILES string of the molecule is CC(=O)NCCN(C(=O)c1ccc(-n2ccnn2)cc1)C(C)C(=O)O. The third-order valence-corrected chi connectivity index (χ3v) is 3.61. The van der Waals surface area contributed by atoms with Crippen LogP contribution in [-0.4, -0.2) is 61.9 Å². The van der Waals surface area contributed by atoms with Crippen molar-refractivity contribution in [2.75, 3.05) is 13.1 Å². The molecule has 0 saturated carbocycles. The summed E-state index contributed by atoms with van der Waals surface area (Å²) in [5.41, 5.74) is 1.07. The molecule has 0 spiro atoms. The highest BCUT2D eigenvalue weighted by atomic mass is 16.4. The van der Waals surface area contributed by atoms with Gasteiger partial charge in [0, 0.05) is 25.6 Å². The number of carboxylic acid groups (broad SMARTS) is 1. The summed E-state index contributed by atoms with van der Waals surface area (Å²) in [6.07, 6.45) is 3.21. The molecule has 0 aliphatic carbocycles. The van der Waals surface area contributed by atoms with Crippen LogP contribution in [0.25, 0.3) is 5.69 Å². The summed E-state index contributed by atoms with van der Waals surface area (Å²) in [7, 11) is 0. The lowest BCUT2D eigenvalue weighted by molar-refractivity contribution is -0.141. The van der Waals surface area contributed by atoms with Gasteiger partial charge < -0.3 is 15.3 Å². The molecule has 2 N–H and O–H groups in total. The highest BCUT2D eigenvalue weighted by Crippen LogP contribution is 2.12. The van der Waals surface area contributed by atoms with Crippen LogP contribution in [0, 0.1) is 0 Å². The van der Waals surface area contributed by atoms with Gasteiger partial charge >= 0.3 is 5.97 Å². The molecule has 1 heterocycles. The van der Waals surface area contributed by atoms with Crippen LogP contribution < -0.4 is 5.32 Å². The molecule has 0 fully saturated rings. The Balaban J connectivity index is 2.16. The molecule has 9 nitrogen and oxygen atoms in total. The molecule has 0 aliphatic heterocycles. The first-order valence-electron chi connectivity index (χ1n) is 7.65. The number of amides is 2. The third-order valence-electron chi connectivity index (χ3n) is 3.61. The largest absolute Gasteiger partial charge is 0.480 e. The highest BCUT2D eigenvalue weighted by molar-refractivity contribution is 5.96. The molecule has 0 bridgehead atoms. The maximum absolute atomic E-state index is 12.7. The monoisotopic (exact) mass is 345 g/mol. The van der Waals surface area contributed by atoms with Crippen LogP contribution in [0.4, 0.5) is 0 Å². The fraction of sp³-hybridized carbons (Fsp3) is 0.312.